The molecule has 0 aliphatic rings. The average Bonchev–Trinajstić information content (AvgIpc) is 2.37. The predicted molar refractivity (Wildman–Crippen MR) is 75.6 cm³/mol. The summed E-state index contributed by atoms with van der Waals surface area (Å²) in [6.07, 6.45) is 1.20. The molecule has 7 heteroatoms. The lowest BCUT2D eigenvalue weighted by Crippen LogP contribution is -2.34. The van der Waals surface area contributed by atoms with E-state index in [0.29, 0.717) is 16.2 Å². The minimum Gasteiger partial charge on any atom is -0.480 e. The molecule has 1 unspecified atom stereocenters. The molecule has 1 amide bonds. The number of carboxylic acid groups (broad SMARTS) is 1. The fourth-order valence-corrected chi connectivity index (χ4v) is 2.13. The molecule has 4 N–H and O–H groups in total. The van der Waals surface area contributed by atoms with Gasteiger partial charge in [-0.2, -0.15) is 0 Å². The SMILES string of the molecule is NC(=O)CC(Nc1nccc2cccc(Cl)c12)C(=O)O. The second-order valence-corrected chi connectivity index (χ2v) is 4.61. The molecule has 0 aliphatic heterocycles. The van der Waals surface area contributed by atoms with Crippen molar-refractivity contribution in [1.29, 1.82) is 0 Å². The van der Waals surface area contributed by atoms with Gasteiger partial charge in [-0.3, -0.25) is 4.79 Å². The van der Waals surface area contributed by atoms with Gasteiger partial charge in [0, 0.05) is 11.6 Å². The molecular formula is C13H12ClN3O3. The second-order valence-electron chi connectivity index (χ2n) is 4.20. The van der Waals surface area contributed by atoms with E-state index in [-0.39, 0.29) is 6.42 Å². The van der Waals surface area contributed by atoms with Crippen LogP contribution in [0.1, 0.15) is 6.42 Å². The highest BCUT2D eigenvalue weighted by Crippen LogP contribution is 2.29. The molecule has 0 spiro atoms. The van der Waals surface area contributed by atoms with Crippen LogP contribution in [-0.2, 0) is 9.59 Å². The van der Waals surface area contributed by atoms with Crippen LogP contribution in [0.2, 0.25) is 5.02 Å². The lowest BCUT2D eigenvalue weighted by molar-refractivity contribution is -0.139. The normalized spacial score (nSPS) is 12.1. The molecule has 2 rings (SSSR count). The quantitative estimate of drug-likeness (QED) is 0.777. The van der Waals surface area contributed by atoms with E-state index in [1.807, 2.05) is 6.07 Å². The minimum atomic E-state index is -1.19. The standard InChI is InChI=1S/C13H12ClN3O3/c14-8-3-1-2-7-4-5-16-12(11(7)8)17-9(13(19)20)6-10(15)18/h1-5,9H,6H2,(H2,15,18)(H,16,17)(H,19,20). The van der Waals surface area contributed by atoms with E-state index in [0.717, 1.165) is 5.39 Å². The molecule has 20 heavy (non-hydrogen) atoms. The molecule has 1 aromatic carbocycles. The number of benzene rings is 1. The summed E-state index contributed by atoms with van der Waals surface area (Å²) in [7, 11) is 0. The molecule has 6 nitrogen and oxygen atoms in total. The van der Waals surface area contributed by atoms with Crippen molar-refractivity contribution in [3.63, 3.8) is 0 Å². The summed E-state index contributed by atoms with van der Waals surface area (Å²) in [5.41, 5.74) is 5.04. The van der Waals surface area contributed by atoms with Crippen molar-refractivity contribution in [1.82, 2.24) is 4.98 Å². The first-order valence-corrected chi connectivity index (χ1v) is 6.17. The van der Waals surface area contributed by atoms with E-state index in [4.69, 9.17) is 22.4 Å². The van der Waals surface area contributed by atoms with Gasteiger partial charge in [0.1, 0.15) is 11.9 Å². The van der Waals surface area contributed by atoms with Crippen LogP contribution in [0.4, 0.5) is 5.82 Å². The summed E-state index contributed by atoms with van der Waals surface area (Å²) in [6, 6.07) is 5.91. The van der Waals surface area contributed by atoms with Crippen LogP contribution in [0, 0.1) is 0 Å². The van der Waals surface area contributed by atoms with E-state index in [9.17, 15) is 9.59 Å². The van der Waals surface area contributed by atoms with Gasteiger partial charge in [0.15, 0.2) is 0 Å². The van der Waals surface area contributed by atoms with Crippen molar-refractivity contribution in [3.05, 3.63) is 35.5 Å². The average molecular weight is 294 g/mol. The zero-order valence-electron chi connectivity index (χ0n) is 10.3. The predicted octanol–water partition coefficient (Wildman–Crippen LogP) is 1.63. The number of aliphatic carboxylic acids is 1. The maximum Gasteiger partial charge on any atom is 0.326 e. The van der Waals surface area contributed by atoms with Crippen molar-refractivity contribution in [2.24, 2.45) is 5.73 Å². The Hall–Kier alpha value is -2.34. The summed E-state index contributed by atoms with van der Waals surface area (Å²) in [4.78, 5) is 26.1. The van der Waals surface area contributed by atoms with Gasteiger partial charge >= 0.3 is 5.97 Å². The van der Waals surface area contributed by atoms with Gasteiger partial charge < -0.3 is 16.2 Å². The van der Waals surface area contributed by atoms with Gasteiger partial charge in [0.2, 0.25) is 5.91 Å². The number of anilines is 1. The van der Waals surface area contributed by atoms with Gasteiger partial charge in [-0.05, 0) is 17.5 Å². The van der Waals surface area contributed by atoms with Crippen LogP contribution >= 0.6 is 11.6 Å². The van der Waals surface area contributed by atoms with E-state index in [1.54, 1.807) is 18.2 Å². The van der Waals surface area contributed by atoms with Crippen molar-refractivity contribution in [2.75, 3.05) is 5.32 Å². The summed E-state index contributed by atoms with van der Waals surface area (Å²) in [5, 5.41) is 13.7. The van der Waals surface area contributed by atoms with Crippen LogP contribution in [-0.4, -0.2) is 28.0 Å². The first-order valence-electron chi connectivity index (χ1n) is 5.80. The van der Waals surface area contributed by atoms with Crippen molar-refractivity contribution in [3.8, 4) is 0 Å². The Labute approximate surface area is 119 Å². The van der Waals surface area contributed by atoms with Gasteiger partial charge in [-0.25, -0.2) is 9.78 Å². The molecule has 2 aromatic rings. The Balaban J connectivity index is 2.42. The molecular weight excluding hydrogens is 282 g/mol. The molecule has 0 radical (unpaired) electrons. The van der Waals surface area contributed by atoms with Crippen LogP contribution in [0.3, 0.4) is 0 Å². The number of amides is 1. The highest BCUT2D eigenvalue weighted by atomic mass is 35.5. The Kier molecular flexibility index (Phi) is 4.05. The van der Waals surface area contributed by atoms with Crippen molar-refractivity contribution < 1.29 is 14.7 Å². The lowest BCUT2D eigenvalue weighted by atomic mass is 10.1. The molecule has 0 fully saturated rings. The highest BCUT2D eigenvalue weighted by molar-refractivity contribution is 6.36. The number of aromatic nitrogens is 1. The van der Waals surface area contributed by atoms with Gasteiger partial charge in [0.25, 0.3) is 0 Å². The lowest BCUT2D eigenvalue weighted by Gasteiger charge is -2.15. The van der Waals surface area contributed by atoms with Gasteiger partial charge in [-0.15, -0.1) is 0 Å². The number of rotatable bonds is 5. The number of primary amides is 1. The maximum atomic E-state index is 11.1. The molecule has 0 saturated heterocycles. The Morgan fingerprint density at radius 1 is 1.40 bits per heavy atom. The van der Waals surface area contributed by atoms with Crippen LogP contribution < -0.4 is 11.1 Å². The number of fused-ring (bicyclic) bond motifs is 1. The van der Waals surface area contributed by atoms with E-state index in [2.05, 4.69) is 10.3 Å². The topological polar surface area (TPSA) is 105 Å². The monoisotopic (exact) mass is 293 g/mol. The van der Waals surface area contributed by atoms with E-state index < -0.39 is 17.9 Å². The fraction of sp³-hybridized carbons (Fsp3) is 0.154. The molecule has 104 valence electrons. The number of nitrogens with two attached hydrogens (primary N) is 1. The zero-order chi connectivity index (χ0) is 14.7. The summed E-state index contributed by atoms with van der Waals surface area (Å²) in [6.45, 7) is 0. The number of hydrogen-bond acceptors (Lipinski definition) is 4. The molecule has 1 heterocycles. The summed E-state index contributed by atoms with van der Waals surface area (Å²) < 4.78 is 0. The van der Waals surface area contributed by atoms with Crippen LogP contribution in [0.5, 0.6) is 0 Å². The first-order chi connectivity index (χ1) is 9.49. The maximum absolute atomic E-state index is 11.1. The van der Waals surface area contributed by atoms with Crippen LogP contribution in [0.15, 0.2) is 30.5 Å². The smallest absolute Gasteiger partial charge is 0.326 e. The van der Waals surface area contributed by atoms with E-state index in [1.165, 1.54) is 6.20 Å². The number of pyridine rings is 1. The molecule has 1 atom stereocenters. The van der Waals surface area contributed by atoms with E-state index >= 15 is 0 Å². The van der Waals surface area contributed by atoms with Gasteiger partial charge in [-0.1, -0.05) is 23.7 Å². The van der Waals surface area contributed by atoms with Crippen molar-refractivity contribution in [2.45, 2.75) is 12.5 Å². The zero-order valence-corrected chi connectivity index (χ0v) is 11.1. The number of carbonyl (C=O) groups excluding carboxylic acids is 1. The number of carbonyl (C=O) groups is 2. The van der Waals surface area contributed by atoms with Gasteiger partial charge in [0.05, 0.1) is 11.4 Å². The number of carboxylic acids is 1. The first kappa shape index (κ1) is 14.1. The minimum absolute atomic E-state index is 0.307. The number of nitrogens with one attached hydrogen (secondary N) is 1. The third-order valence-corrected chi connectivity index (χ3v) is 3.07. The fourth-order valence-electron chi connectivity index (χ4n) is 1.86. The number of nitrogens with zero attached hydrogens (tertiary/aromatic N) is 1. The molecule has 0 saturated carbocycles. The highest BCUT2D eigenvalue weighted by Gasteiger charge is 2.21. The molecule has 1 aromatic heterocycles. The van der Waals surface area contributed by atoms with Crippen molar-refractivity contribution >= 4 is 40.1 Å². The molecule has 0 aliphatic carbocycles. The Morgan fingerprint density at radius 3 is 2.80 bits per heavy atom. The Bertz CT molecular complexity index is 670. The summed E-state index contributed by atoms with van der Waals surface area (Å²) >= 11 is 6.11. The Morgan fingerprint density at radius 2 is 2.15 bits per heavy atom. The van der Waals surface area contributed by atoms with Crippen LogP contribution in [0.25, 0.3) is 10.8 Å². The third-order valence-electron chi connectivity index (χ3n) is 2.75. The summed E-state index contributed by atoms with van der Waals surface area (Å²) in [5.74, 6) is -1.59. The number of halogens is 1. The largest absolute Gasteiger partial charge is 0.480 e. The third kappa shape index (κ3) is 2.97. The number of hydrogen-bond donors (Lipinski definition) is 3. The second kappa shape index (κ2) is 5.75. The molecule has 0 bridgehead atoms.